The van der Waals surface area contributed by atoms with Crippen LogP contribution in [0.5, 0.6) is 0 Å². The molecule has 2 unspecified atom stereocenters. The number of likely N-dealkylation sites (N-methyl/N-ethyl adjacent to an activating group) is 1. The van der Waals surface area contributed by atoms with Crippen molar-refractivity contribution in [3.05, 3.63) is 0 Å². The van der Waals surface area contributed by atoms with E-state index in [9.17, 15) is 5.11 Å². The third-order valence-corrected chi connectivity index (χ3v) is 2.35. The van der Waals surface area contributed by atoms with Crippen molar-refractivity contribution in [3.63, 3.8) is 0 Å². The van der Waals surface area contributed by atoms with Crippen molar-refractivity contribution < 1.29 is 5.11 Å². The molecule has 14 heavy (non-hydrogen) atoms. The second-order valence-corrected chi connectivity index (χ2v) is 4.22. The van der Waals surface area contributed by atoms with Crippen molar-refractivity contribution in [2.24, 2.45) is 0 Å². The summed E-state index contributed by atoms with van der Waals surface area (Å²) in [5.74, 6) is 0. The third-order valence-electron chi connectivity index (χ3n) is 2.35. The summed E-state index contributed by atoms with van der Waals surface area (Å²) in [5, 5.41) is 13.0. The van der Waals surface area contributed by atoms with Gasteiger partial charge in [-0.1, -0.05) is 20.3 Å². The molecule has 0 bridgehead atoms. The van der Waals surface area contributed by atoms with Crippen LogP contribution in [-0.2, 0) is 0 Å². The van der Waals surface area contributed by atoms with Crippen LogP contribution in [0.25, 0.3) is 0 Å². The predicted molar refractivity (Wildman–Crippen MR) is 61.6 cm³/mol. The maximum absolute atomic E-state index is 9.63. The van der Waals surface area contributed by atoms with Gasteiger partial charge >= 0.3 is 0 Å². The van der Waals surface area contributed by atoms with Crippen LogP contribution in [-0.4, -0.2) is 49.3 Å². The van der Waals surface area contributed by atoms with Gasteiger partial charge in [-0.3, -0.25) is 0 Å². The minimum Gasteiger partial charge on any atom is -0.390 e. The molecule has 0 radical (unpaired) electrons. The van der Waals surface area contributed by atoms with E-state index in [-0.39, 0.29) is 6.10 Å². The molecule has 86 valence electrons. The topological polar surface area (TPSA) is 35.5 Å². The maximum atomic E-state index is 9.63. The van der Waals surface area contributed by atoms with E-state index in [1.54, 1.807) is 0 Å². The molecule has 0 rings (SSSR count). The lowest BCUT2D eigenvalue weighted by atomic mass is 10.1. The first kappa shape index (κ1) is 13.9. The Morgan fingerprint density at radius 1 is 1.29 bits per heavy atom. The molecule has 2 N–H and O–H groups in total. The monoisotopic (exact) mass is 202 g/mol. The molecule has 0 aromatic carbocycles. The Hall–Kier alpha value is -0.120. The van der Waals surface area contributed by atoms with Gasteiger partial charge in [-0.25, -0.2) is 0 Å². The number of rotatable bonds is 8. The van der Waals surface area contributed by atoms with Crippen molar-refractivity contribution >= 4 is 0 Å². The molecule has 3 heteroatoms. The van der Waals surface area contributed by atoms with E-state index >= 15 is 0 Å². The summed E-state index contributed by atoms with van der Waals surface area (Å²) in [6, 6.07) is 0.566. The quantitative estimate of drug-likeness (QED) is 0.618. The minimum atomic E-state index is -0.254. The molecular weight excluding hydrogens is 176 g/mol. The highest BCUT2D eigenvalue weighted by Gasteiger charge is 2.08. The number of aliphatic hydroxyl groups is 1. The van der Waals surface area contributed by atoms with Crippen LogP contribution in [0.1, 0.15) is 33.1 Å². The lowest BCUT2D eigenvalue weighted by molar-refractivity contribution is 0.130. The number of nitrogens with one attached hydrogen (secondary N) is 1. The zero-order chi connectivity index (χ0) is 11.0. The Balaban J connectivity index is 3.56. The second-order valence-electron chi connectivity index (χ2n) is 4.22. The average molecular weight is 202 g/mol. The zero-order valence-electron chi connectivity index (χ0n) is 10.1. The SMILES string of the molecule is CCCC(CC)NCC(O)CN(C)C. The number of hydrogen-bond donors (Lipinski definition) is 2. The Bertz CT molecular complexity index is 128. The average Bonchev–Trinajstić information content (AvgIpc) is 2.11. The standard InChI is InChI=1S/C11H26N2O/c1-5-7-10(6-2)12-8-11(14)9-13(3)4/h10-12,14H,5-9H2,1-4H3. The van der Waals surface area contributed by atoms with Crippen molar-refractivity contribution in [2.75, 3.05) is 27.2 Å². The van der Waals surface area contributed by atoms with E-state index in [2.05, 4.69) is 19.2 Å². The van der Waals surface area contributed by atoms with Gasteiger partial charge in [0.05, 0.1) is 6.10 Å². The van der Waals surface area contributed by atoms with Gasteiger partial charge in [-0.05, 0) is 26.9 Å². The highest BCUT2D eigenvalue weighted by atomic mass is 16.3. The highest BCUT2D eigenvalue weighted by molar-refractivity contribution is 4.68. The smallest absolute Gasteiger partial charge is 0.0791 e. The fraction of sp³-hybridized carbons (Fsp3) is 1.00. The Morgan fingerprint density at radius 3 is 2.36 bits per heavy atom. The van der Waals surface area contributed by atoms with Crippen molar-refractivity contribution in [1.82, 2.24) is 10.2 Å². The van der Waals surface area contributed by atoms with E-state index in [0.29, 0.717) is 12.6 Å². The van der Waals surface area contributed by atoms with Gasteiger partial charge in [0.1, 0.15) is 0 Å². The molecule has 0 aliphatic heterocycles. The molecule has 3 nitrogen and oxygen atoms in total. The van der Waals surface area contributed by atoms with Gasteiger partial charge in [0, 0.05) is 19.1 Å². The molecule has 0 fully saturated rings. The van der Waals surface area contributed by atoms with E-state index in [0.717, 1.165) is 13.0 Å². The first-order chi connectivity index (χ1) is 6.60. The van der Waals surface area contributed by atoms with Crippen LogP contribution in [0.2, 0.25) is 0 Å². The van der Waals surface area contributed by atoms with Crippen LogP contribution in [0.4, 0.5) is 0 Å². The van der Waals surface area contributed by atoms with Crippen molar-refractivity contribution in [1.29, 1.82) is 0 Å². The summed E-state index contributed by atoms with van der Waals surface area (Å²) in [5.41, 5.74) is 0. The fourth-order valence-corrected chi connectivity index (χ4v) is 1.59. The molecule has 0 aromatic rings. The van der Waals surface area contributed by atoms with Crippen LogP contribution in [0.15, 0.2) is 0 Å². The van der Waals surface area contributed by atoms with Gasteiger partial charge < -0.3 is 15.3 Å². The number of nitrogens with zero attached hydrogens (tertiary/aromatic N) is 1. The van der Waals surface area contributed by atoms with Gasteiger partial charge in [0.15, 0.2) is 0 Å². The molecular formula is C11H26N2O. The summed E-state index contributed by atoms with van der Waals surface area (Å²) >= 11 is 0. The van der Waals surface area contributed by atoms with E-state index in [4.69, 9.17) is 0 Å². The second kappa shape index (κ2) is 8.21. The van der Waals surface area contributed by atoms with Crippen LogP contribution in [0.3, 0.4) is 0 Å². The summed E-state index contributed by atoms with van der Waals surface area (Å²) in [6.07, 6.45) is 3.29. The molecule has 0 aliphatic carbocycles. The Labute approximate surface area is 88.5 Å². The summed E-state index contributed by atoms with van der Waals surface area (Å²) in [7, 11) is 3.96. The van der Waals surface area contributed by atoms with E-state index < -0.39 is 0 Å². The Kier molecular flexibility index (Phi) is 8.14. The van der Waals surface area contributed by atoms with Crippen LogP contribution in [0, 0.1) is 0 Å². The maximum Gasteiger partial charge on any atom is 0.0791 e. The predicted octanol–water partition coefficient (Wildman–Crippen LogP) is 1.08. The number of hydrogen-bond acceptors (Lipinski definition) is 3. The normalized spacial score (nSPS) is 15.9. The largest absolute Gasteiger partial charge is 0.390 e. The minimum absolute atomic E-state index is 0.254. The molecule has 0 saturated carbocycles. The molecule has 0 aromatic heterocycles. The summed E-state index contributed by atoms with van der Waals surface area (Å²) in [4.78, 5) is 2.01. The molecule has 0 heterocycles. The highest BCUT2D eigenvalue weighted by Crippen LogP contribution is 2.00. The fourth-order valence-electron chi connectivity index (χ4n) is 1.59. The first-order valence-corrected chi connectivity index (χ1v) is 5.66. The lowest BCUT2D eigenvalue weighted by Gasteiger charge is -2.20. The third kappa shape index (κ3) is 7.30. The van der Waals surface area contributed by atoms with Gasteiger partial charge in [0.2, 0.25) is 0 Å². The Morgan fingerprint density at radius 2 is 1.93 bits per heavy atom. The molecule has 0 spiro atoms. The summed E-state index contributed by atoms with van der Waals surface area (Å²) < 4.78 is 0. The first-order valence-electron chi connectivity index (χ1n) is 5.66. The van der Waals surface area contributed by atoms with E-state index in [1.165, 1.54) is 12.8 Å². The number of aliphatic hydroxyl groups excluding tert-OH is 1. The molecule has 0 aliphatic rings. The summed E-state index contributed by atoms with van der Waals surface area (Å²) in [6.45, 7) is 5.82. The van der Waals surface area contributed by atoms with Crippen molar-refractivity contribution in [2.45, 2.75) is 45.3 Å². The lowest BCUT2D eigenvalue weighted by Crippen LogP contribution is -2.39. The van der Waals surface area contributed by atoms with Crippen LogP contribution >= 0.6 is 0 Å². The molecule has 0 amide bonds. The van der Waals surface area contributed by atoms with Gasteiger partial charge in [-0.15, -0.1) is 0 Å². The molecule has 2 atom stereocenters. The van der Waals surface area contributed by atoms with Crippen molar-refractivity contribution in [3.8, 4) is 0 Å². The van der Waals surface area contributed by atoms with Gasteiger partial charge in [-0.2, -0.15) is 0 Å². The van der Waals surface area contributed by atoms with E-state index in [1.807, 2.05) is 19.0 Å². The zero-order valence-corrected chi connectivity index (χ0v) is 10.1. The van der Waals surface area contributed by atoms with Gasteiger partial charge in [0.25, 0.3) is 0 Å². The molecule has 0 saturated heterocycles. The van der Waals surface area contributed by atoms with Crippen LogP contribution < -0.4 is 5.32 Å².